The molecule has 1 aliphatic rings. The second kappa shape index (κ2) is 8.08. The maximum absolute atomic E-state index is 7.35. The number of fused-ring (bicyclic) bond motifs is 1. The lowest BCUT2D eigenvalue weighted by Crippen LogP contribution is -2.14. The van der Waals surface area contributed by atoms with Gasteiger partial charge in [0, 0.05) is 24.3 Å². The van der Waals surface area contributed by atoms with E-state index in [0.717, 1.165) is 53.9 Å². The molecule has 6 heteroatoms. The molecule has 0 bridgehead atoms. The van der Waals surface area contributed by atoms with Crippen LogP contribution in [0.2, 0.25) is 0 Å². The summed E-state index contributed by atoms with van der Waals surface area (Å²) in [6.07, 6.45) is 7.24. The van der Waals surface area contributed by atoms with E-state index in [1.165, 1.54) is 0 Å². The van der Waals surface area contributed by atoms with Crippen LogP contribution in [-0.2, 0) is 6.42 Å². The van der Waals surface area contributed by atoms with Gasteiger partial charge in [-0.1, -0.05) is 12.1 Å². The van der Waals surface area contributed by atoms with Crippen LogP contribution in [0.1, 0.15) is 50.4 Å². The molecule has 0 aliphatic heterocycles. The van der Waals surface area contributed by atoms with Crippen LogP contribution in [-0.4, -0.2) is 22.6 Å². The van der Waals surface area contributed by atoms with E-state index in [1.807, 2.05) is 25.3 Å². The fourth-order valence-electron chi connectivity index (χ4n) is 3.19. The van der Waals surface area contributed by atoms with Gasteiger partial charge in [0.25, 0.3) is 0 Å². The Bertz CT molecular complexity index is 825. The molecule has 0 saturated carbocycles. The minimum atomic E-state index is 0.303. The summed E-state index contributed by atoms with van der Waals surface area (Å²) in [7, 11) is 0. The topological polar surface area (TPSA) is 86.1 Å². The Labute approximate surface area is 154 Å². The van der Waals surface area contributed by atoms with Gasteiger partial charge in [0.2, 0.25) is 5.95 Å². The van der Waals surface area contributed by atoms with Gasteiger partial charge >= 0.3 is 0 Å². The molecule has 0 amide bonds. The monoisotopic (exact) mass is 350 g/mol. The highest BCUT2D eigenvalue weighted by molar-refractivity contribution is 5.84. The van der Waals surface area contributed by atoms with Crippen LogP contribution in [0.5, 0.6) is 0 Å². The van der Waals surface area contributed by atoms with Crippen molar-refractivity contribution in [3.8, 4) is 0 Å². The summed E-state index contributed by atoms with van der Waals surface area (Å²) in [5.74, 6) is 0.691. The quantitative estimate of drug-likeness (QED) is 0.628. The number of nitrogens with zero attached hydrogens (tertiary/aromatic N) is 3. The number of aromatic nitrogens is 2. The zero-order valence-corrected chi connectivity index (χ0v) is 15.6. The molecule has 3 rings (SSSR count). The van der Waals surface area contributed by atoms with Crippen molar-refractivity contribution in [1.82, 2.24) is 9.97 Å². The molecular weight excluding hydrogens is 324 g/mol. The Kier molecular flexibility index (Phi) is 5.61. The average Bonchev–Trinajstić information content (AvgIpc) is 2.83. The van der Waals surface area contributed by atoms with Gasteiger partial charge in [-0.3, -0.25) is 0 Å². The van der Waals surface area contributed by atoms with Crippen molar-refractivity contribution in [2.45, 2.75) is 46.1 Å². The van der Waals surface area contributed by atoms with Crippen molar-refractivity contribution < 1.29 is 0 Å². The molecule has 0 saturated heterocycles. The number of hydrogen-bond acceptors (Lipinski definition) is 6. The lowest BCUT2D eigenvalue weighted by Gasteiger charge is -2.15. The van der Waals surface area contributed by atoms with E-state index in [0.29, 0.717) is 17.7 Å². The SMILES string of the molecule is CCNc1cc(C2=CCCCc3nc(NC(C)C)ncc32)ccc1N=N. The van der Waals surface area contributed by atoms with Crippen molar-refractivity contribution in [3.05, 3.63) is 47.3 Å². The summed E-state index contributed by atoms with van der Waals surface area (Å²) in [5.41, 5.74) is 13.3. The van der Waals surface area contributed by atoms with Gasteiger partial charge in [0.05, 0.1) is 11.4 Å². The number of rotatable bonds is 6. The Hall–Kier alpha value is -2.76. The smallest absolute Gasteiger partial charge is 0.223 e. The third kappa shape index (κ3) is 3.90. The first-order valence-corrected chi connectivity index (χ1v) is 9.21. The summed E-state index contributed by atoms with van der Waals surface area (Å²) < 4.78 is 0. The normalized spacial score (nSPS) is 13.6. The molecule has 1 aromatic carbocycles. The minimum Gasteiger partial charge on any atom is -0.384 e. The van der Waals surface area contributed by atoms with E-state index in [9.17, 15) is 0 Å². The molecule has 1 aliphatic carbocycles. The van der Waals surface area contributed by atoms with E-state index in [1.54, 1.807) is 0 Å². The van der Waals surface area contributed by atoms with Gasteiger partial charge in [-0.25, -0.2) is 15.5 Å². The average molecular weight is 350 g/mol. The number of benzene rings is 1. The van der Waals surface area contributed by atoms with E-state index in [-0.39, 0.29) is 0 Å². The Balaban J connectivity index is 2.02. The van der Waals surface area contributed by atoms with Crippen LogP contribution < -0.4 is 10.6 Å². The third-order valence-corrected chi connectivity index (χ3v) is 4.34. The number of anilines is 2. The summed E-state index contributed by atoms with van der Waals surface area (Å²) in [6, 6.07) is 6.28. The van der Waals surface area contributed by atoms with Crippen molar-refractivity contribution in [2.24, 2.45) is 5.11 Å². The van der Waals surface area contributed by atoms with Crippen LogP contribution >= 0.6 is 0 Å². The predicted octanol–water partition coefficient (Wildman–Crippen LogP) is 5.16. The number of nitrogens with one attached hydrogen (secondary N) is 3. The molecule has 3 N–H and O–H groups in total. The minimum absolute atomic E-state index is 0.303. The van der Waals surface area contributed by atoms with E-state index < -0.39 is 0 Å². The van der Waals surface area contributed by atoms with Crippen molar-refractivity contribution in [2.75, 3.05) is 17.2 Å². The molecule has 0 radical (unpaired) electrons. The largest absolute Gasteiger partial charge is 0.384 e. The highest BCUT2D eigenvalue weighted by Crippen LogP contribution is 2.34. The molecule has 6 nitrogen and oxygen atoms in total. The molecule has 0 fully saturated rings. The first-order valence-electron chi connectivity index (χ1n) is 9.21. The van der Waals surface area contributed by atoms with Crippen molar-refractivity contribution in [1.29, 1.82) is 5.53 Å². The Morgan fingerprint density at radius 2 is 2.15 bits per heavy atom. The maximum Gasteiger partial charge on any atom is 0.223 e. The van der Waals surface area contributed by atoms with Gasteiger partial charge < -0.3 is 10.6 Å². The number of allylic oxidation sites excluding steroid dienone is 1. The molecule has 26 heavy (non-hydrogen) atoms. The zero-order chi connectivity index (χ0) is 18.5. The van der Waals surface area contributed by atoms with Gasteiger partial charge in [0.1, 0.15) is 5.69 Å². The first kappa shape index (κ1) is 18.0. The van der Waals surface area contributed by atoms with Gasteiger partial charge in [-0.2, -0.15) is 5.11 Å². The maximum atomic E-state index is 7.35. The van der Waals surface area contributed by atoms with Crippen LogP contribution in [0.3, 0.4) is 0 Å². The molecular formula is C20H26N6. The molecule has 2 aromatic rings. The molecule has 0 unspecified atom stereocenters. The molecule has 136 valence electrons. The molecule has 0 spiro atoms. The standard InChI is InChI=1S/C20H26N6/c1-4-22-19-11-14(9-10-18(19)26-21)15-7-5-6-8-17-16(15)12-23-20(25-17)24-13(2)3/h7,9-13,21-22H,4-6,8H2,1-3H3,(H,23,24,25). The first-order chi connectivity index (χ1) is 12.6. The molecule has 1 heterocycles. The van der Waals surface area contributed by atoms with Gasteiger partial charge in [-0.05, 0) is 63.3 Å². The lowest BCUT2D eigenvalue weighted by atomic mass is 9.97. The molecule has 1 aromatic heterocycles. The second-order valence-corrected chi connectivity index (χ2v) is 6.74. The van der Waals surface area contributed by atoms with Crippen LogP contribution in [0.15, 0.2) is 35.6 Å². The molecule has 0 atom stereocenters. The van der Waals surface area contributed by atoms with Gasteiger partial charge in [-0.15, -0.1) is 0 Å². The van der Waals surface area contributed by atoms with Crippen LogP contribution in [0, 0.1) is 5.53 Å². The highest BCUT2D eigenvalue weighted by Gasteiger charge is 2.17. The van der Waals surface area contributed by atoms with E-state index in [4.69, 9.17) is 10.5 Å². The number of hydrogen-bond donors (Lipinski definition) is 3. The summed E-state index contributed by atoms with van der Waals surface area (Å²) >= 11 is 0. The zero-order valence-electron chi connectivity index (χ0n) is 15.6. The van der Waals surface area contributed by atoms with Gasteiger partial charge in [0.15, 0.2) is 0 Å². The summed E-state index contributed by atoms with van der Waals surface area (Å²) in [6.45, 7) is 7.00. The Morgan fingerprint density at radius 1 is 1.31 bits per heavy atom. The Morgan fingerprint density at radius 3 is 2.88 bits per heavy atom. The summed E-state index contributed by atoms with van der Waals surface area (Å²) in [4.78, 5) is 9.27. The highest BCUT2D eigenvalue weighted by atomic mass is 15.1. The fourth-order valence-corrected chi connectivity index (χ4v) is 3.19. The summed E-state index contributed by atoms with van der Waals surface area (Å²) in [5, 5.41) is 10.2. The predicted molar refractivity (Wildman–Crippen MR) is 106 cm³/mol. The van der Waals surface area contributed by atoms with Crippen molar-refractivity contribution in [3.63, 3.8) is 0 Å². The van der Waals surface area contributed by atoms with Crippen LogP contribution in [0.4, 0.5) is 17.3 Å². The third-order valence-electron chi connectivity index (χ3n) is 4.34. The van der Waals surface area contributed by atoms with E-state index >= 15 is 0 Å². The lowest BCUT2D eigenvalue weighted by molar-refractivity contribution is 0.811. The second-order valence-electron chi connectivity index (χ2n) is 6.74. The fraction of sp³-hybridized carbons (Fsp3) is 0.400. The number of aryl methyl sites for hydroxylation is 1. The van der Waals surface area contributed by atoms with Crippen LogP contribution in [0.25, 0.3) is 5.57 Å². The van der Waals surface area contributed by atoms with Crippen molar-refractivity contribution >= 4 is 22.9 Å². The van der Waals surface area contributed by atoms with E-state index in [2.05, 4.69) is 46.7 Å².